The maximum Gasteiger partial charge on any atom is 0.211 e. The van der Waals surface area contributed by atoms with Crippen LogP contribution in [-0.2, 0) is 11.0 Å². The Balaban J connectivity index is 0.000000165. The lowest BCUT2D eigenvalue weighted by atomic mass is 9.74. The monoisotopic (exact) mass is 962 g/mol. The molecule has 2 aliphatic heterocycles. The second-order valence-corrected chi connectivity index (χ2v) is 23.4. The largest absolute Gasteiger partial charge is 0.382 e. The zero-order chi connectivity index (χ0) is 44.8. The van der Waals surface area contributed by atoms with Gasteiger partial charge in [0.25, 0.3) is 0 Å². The molecule has 2 saturated carbocycles. The maximum absolute atomic E-state index is 12.8. The van der Waals surface area contributed by atoms with Crippen molar-refractivity contribution < 1.29 is 4.21 Å². The van der Waals surface area contributed by atoms with Crippen LogP contribution in [0.4, 0.5) is 23.5 Å². The minimum Gasteiger partial charge on any atom is -0.382 e. The number of pyridine rings is 2. The fourth-order valence-corrected chi connectivity index (χ4v) is 13.2. The summed E-state index contributed by atoms with van der Waals surface area (Å²) in [4.78, 5) is 35.1. The van der Waals surface area contributed by atoms with Crippen molar-refractivity contribution in [3.8, 4) is 0 Å². The number of nitrogens with two attached hydrogens (primary N) is 3. The van der Waals surface area contributed by atoms with Crippen molar-refractivity contribution >= 4 is 92.5 Å². The predicted molar refractivity (Wildman–Crippen MR) is 260 cm³/mol. The highest BCUT2D eigenvalue weighted by Gasteiger charge is 2.47. The zero-order valence-electron chi connectivity index (χ0n) is 36.4. The number of hydrogen-bond donors (Lipinski definition) is 4. The number of nitrogens with one attached hydrogen (secondary N) is 1. The Morgan fingerprint density at radius 2 is 1.14 bits per heavy atom. The second-order valence-electron chi connectivity index (χ2n) is 18.4. The molecule has 10 rings (SSSR count). The van der Waals surface area contributed by atoms with E-state index in [1.165, 1.54) is 49.2 Å². The maximum atomic E-state index is 12.8. The van der Waals surface area contributed by atoms with Gasteiger partial charge in [-0.25, -0.2) is 38.8 Å². The molecule has 0 aromatic carbocycles. The van der Waals surface area contributed by atoms with Crippen LogP contribution >= 0.6 is 46.7 Å². The number of aromatic nitrogens is 8. The minimum absolute atomic E-state index is 0.208. The van der Waals surface area contributed by atoms with Gasteiger partial charge < -0.3 is 27.0 Å². The van der Waals surface area contributed by atoms with E-state index in [4.69, 9.17) is 50.4 Å². The molecular weight excluding hydrogens is 908 g/mol. The number of fused-ring (bicyclic) bond motifs is 2. The standard InChI is InChI=1S/C24H32ClN7OS2.C20H24ClN7S/c1-23(2,3)35(33)30-18-5-4-7-24(18)8-12-31(13-9-24)22-29-15-17(21-28-11-14-32(21)22)34-16-6-10-27-20(26)19(16)25;21-16-13(3-7-24-17(16)23)29-14-12-26-19(28-11-8-25-18(14)28)27-9-5-20(6-10-27)4-1-2-15(20)22/h6,10-11,14-15,18,30H,4-5,7-9,12-13H2,1-3H3,(H2,26,27);3,7-8,11-12,15H,1-2,4-6,9-10,22H2,(H2,23,24)/t18-,35-;15-/m11/s1. The normalized spacial score (nSPS) is 21.2. The van der Waals surface area contributed by atoms with Crippen LogP contribution in [0.5, 0.6) is 0 Å². The molecule has 64 heavy (non-hydrogen) atoms. The van der Waals surface area contributed by atoms with E-state index in [0.29, 0.717) is 39.2 Å². The van der Waals surface area contributed by atoms with E-state index in [-0.39, 0.29) is 10.2 Å². The van der Waals surface area contributed by atoms with E-state index in [1.807, 2.05) is 63.9 Å². The highest BCUT2D eigenvalue weighted by molar-refractivity contribution is 8.00. The molecule has 6 aromatic rings. The number of piperidine rings is 2. The van der Waals surface area contributed by atoms with Crippen molar-refractivity contribution in [2.75, 3.05) is 47.4 Å². The first-order valence-corrected chi connectivity index (χ1v) is 25.5. The second kappa shape index (κ2) is 18.4. The minimum atomic E-state index is -1.05. The zero-order valence-corrected chi connectivity index (χ0v) is 40.4. The molecule has 4 fully saturated rings. The van der Waals surface area contributed by atoms with Gasteiger partial charge in [-0.1, -0.05) is 59.6 Å². The number of anilines is 4. The van der Waals surface area contributed by atoms with Crippen LogP contribution in [0.2, 0.25) is 10.0 Å². The molecule has 0 amide bonds. The first-order chi connectivity index (χ1) is 30.7. The van der Waals surface area contributed by atoms with E-state index in [1.54, 1.807) is 18.6 Å². The summed E-state index contributed by atoms with van der Waals surface area (Å²) in [6.07, 6.45) is 26.2. The highest BCUT2D eigenvalue weighted by Crippen LogP contribution is 2.48. The Morgan fingerprint density at radius 1 is 0.672 bits per heavy atom. The molecule has 2 saturated heterocycles. The Bertz CT molecular complexity index is 2660. The third-order valence-corrected chi connectivity index (χ3v) is 18.5. The van der Waals surface area contributed by atoms with Gasteiger partial charge in [0.15, 0.2) is 11.3 Å². The summed E-state index contributed by atoms with van der Waals surface area (Å²) in [5.41, 5.74) is 20.4. The summed E-state index contributed by atoms with van der Waals surface area (Å²) in [6.45, 7) is 9.88. The lowest BCUT2D eigenvalue weighted by Crippen LogP contribution is -2.51. The molecular formula is C44H56Cl2N14OS3. The van der Waals surface area contributed by atoms with Gasteiger partial charge in [0.1, 0.15) is 11.6 Å². The molecule has 0 unspecified atom stereocenters. The van der Waals surface area contributed by atoms with E-state index in [0.717, 1.165) is 107 Å². The number of hydrogen-bond acceptors (Lipinski definition) is 14. The fraction of sp³-hybridized carbons (Fsp3) is 0.500. The predicted octanol–water partition coefficient (Wildman–Crippen LogP) is 8.31. The molecule has 0 radical (unpaired) electrons. The van der Waals surface area contributed by atoms with Gasteiger partial charge in [-0.15, -0.1) is 0 Å². The van der Waals surface area contributed by atoms with Crippen LogP contribution in [0.1, 0.15) is 85.0 Å². The van der Waals surface area contributed by atoms with Gasteiger partial charge in [0.2, 0.25) is 11.9 Å². The lowest BCUT2D eigenvalue weighted by Gasteiger charge is -2.44. The smallest absolute Gasteiger partial charge is 0.211 e. The molecule has 15 nitrogen and oxygen atoms in total. The average Bonchev–Trinajstić information content (AvgIpc) is 4.11. The SMILES string of the molecule is CC(C)(C)[S@@](=O)N[C@@H]1CCCC12CCN(c1ncc(Sc3ccnc(N)c3Cl)c3nccn13)CC2.Nc1nccc(Sc2cnc(N3CCC4(CCC[C@H]4N)CC3)n3ccnc23)c1Cl. The van der Waals surface area contributed by atoms with Gasteiger partial charge in [0.05, 0.1) is 35.6 Å². The Hall–Kier alpha value is -3.91. The Labute approximate surface area is 395 Å². The average molecular weight is 964 g/mol. The third kappa shape index (κ3) is 8.87. The fourth-order valence-electron chi connectivity index (χ4n) is 9.97. The van der Waals surface area contributed by atoms with Gasteiger partial charge in [0, 0.05) is 97.6 Å². The summed E-state index contributed by atoms with van der Waals surface area (Å²) in [6, 6.07) is 4.36. The molecule has 7 N–H and O–H groups in total. The third-order valence-electron chi connectivity index (χ3n) is 13.7. The molecule has 3 atom stereocenters. The number of nitrogens with zero attached hydrogens (tertiary/aromatic N) is 10. The van der Waals surface area contributed by atoms with Crippen molar-refractivity contribution in [3.05, 3.63) is 71.8 Å². The molecule has 6 aromatic heterocycles. The van der Waals surface area contributed by atoms with Gasteiger partial charge in [-0.3, -0.25) is 8.80 Å². The molecule has 0 bridgehead atoms. The summed E-state index contributed by atoms with van der Waals surface area (Å²) in [5.74, 6) is 2.48. The van der Waals surface area contributed by atoms with Crippen molar-refractivity contribution in [1.82, 2.24) is 43.4 Å². The number of halogens is 2. The van der Waals surface area contributed by atoms with E-state index >= 15 is 0 Å². The van der Waals surface area contributed by atoms with Crippen molar-refractivity contribution in [2.24, 2.45) is 16.6 Å². The van der Waals surface area contributed by atoms with Crippen molar-refractivity contribution in [1.29, 1.82) is 0 Å². The van der Waals surface area contributed by atoms with Crippen molar-refractivity contribution in [2.45, 2.75) is 121 Å². The first-order valence-electron chi connectivity index (χ1n) is 22.0. The summed E-state index contributed by atoms with van der Waals surface area (Å²) < 4.78 is 20.2. The van der Waals surface area contributed by atoms with Crippen LogP contribution in [0, 0.1) is 10.8 Å². The molecule has 20 heteroatoms. The molecule has 340 valence electrons. The van der Waals surface area contributed by atoms with E-state index in [9.17, 15) is 4.21 Å². The van der Waals surface area contributed by atoms with Gasteiger partial charge in [-0.05, 0) is 95.1 Å². The lowest BCUT2D eigenvalue weighted by molar-refractivity contribution is 0.187. The molecule has 2 aliphatic carbocycles. The van der Waals surface area contributed by atoms with Crippen LogP contribution in [0.15, 0.2) is 81.3 Å². The van der Waals surface area contributed by atoms with Crippen LogP contribution in [-0.4, -0.2) is 85.9 Å². The van der Waals surface area contributed by atoms with Gasteiger partial charge >= 0.3 is 0 Å². The van der Waals surface area contributed by atoms with Crippen LogP contribution in [0.25, 0.3) is 11.3 Å². The highest BCUT2D eigenvalue weighted by atomic mass is 35.5. The Morgan fingerprint density at radius 3 is 1.61 bits per heavy atom. The summed E-state index contributed by atoms with van der Waals surface area (Å²) in [5, 5.41) is 0.903. The quantitative estimate of drug-likeness (QED) is 0.114. The van der Waals surface area contributed by atoms with E-state index in [2.05, 4.69) is 43.3 Å². The Kier molecular flexibility index (Phi) is 13.0. The van der Waals surface area contributed by atoms with Crippen LogP contribution < -0.4 is 31.7 Å². The summed E-state index contributed by atoms with van der Waals surface area (Å²) in [7, 11) is -1.05. The summed E-state index contributed by atoms with van der Waals surface area (Å²) >= 11 is 15.7. The first kappa shape index (κ1) is 45.3. The number of nitrogen functional groups attached to an aromatic ring is 2. The van der Waals surface area contributed by atoms with E-state index < -0.39 is 11.0 Å². The van der Waals surface area contributed by atoms with Crippen LogP contribution in [0.3, 0.4) is 0 Å². The molecule has 4 aliphatic rings. The topological polar surface area (TPSA) is 200 Å². The van der Waals surface area contributed by atoms with Gasteiger partial charge in [-0.2, -0.15) is 0 Å². The molecule has 2 spiro atoms. The number of rotatable bonds is 8. The molecule has 8 heterocycles. The van der Waals surface area contributed by atoms with Crippen molar-refractivity contribution in [3.63, 3.8) is 0 Å². The number of imidazole rings is 2.